The van der Waals surface area contributed by atoms with E-state index in [-0.39, 0.29) is 18.2 Å². The van der Waals surface area contributed by atoms with Crippen LogP contribution in [0, 0.1) is 6.92 Å². The van der Waals surface area contributed by atoms with Crippen LogP contribution in [0.2, 0.25) is 0 Å². The van der Waals surface area contributed by atoms with Crippen molar-refractivity contribution in [3.63, 3.8) is 0 Å². The van der Waals surface area contributed by atoms with Crippen LogP contribution in [0.15, 0.2) is 16.8 Å². The Morgan fingerprint density at radius 3 is 2.83 bits per heavy atom. The van der Waals surface area contributed by atoms with Crippen molar-refractivity contribution >= 4 is 5.95 Å². The second-order valence-electron chi connectivity index (χ2n) is 5.15. The molecule has 1 N–H and O–H groups in total. The first-order valence-electron chi connectivity index (χ1n) is 7.01. The molecule has 0 unspecified atom stereocenters. The van der Waals surface area contributed by atoms with Gasteiger partial charge in [0.15, 0.2) is 5.82 Å². The highest BCUT2D eigenvalue weighted by Crippen LogP contribution is 2.32. The molecule has 124 valence electrons. The number of alkyl halides is 3. The average molecular weight is 329 g/mol. The third kappa shape index (κ3) is 3.76. The highest BCUT2D eigenvalue weighted by molar-refractivity contribution is 5.26. The van der Waals surface area contributed by atoms with Crippen molar-refractivity contribution < 1.29 is 22.4 Å². The third-order valence-corrected chi connectivity index (χ3v) is 3.36. The number of hydrogen-bond donors (Lipinski definition) is 1. The van der Waals surface area contributed by atoms with Gasteiger partial charge in [0.25, 0.3) is 5.89 Å². The van der Waals surface area contributed by atoms with E-state index in [1.165, 1.54) is 0 Å². The largest absolute Gasteiger partial charge is 0.433 e. The first-order valence-corrected chi connectivity index (χ1v) is 7.01. The molecule has 3 rings (SSSR count). The van der Waals surface area contributed by atoms with Crippen molar-refractivity contribution in [1.29, 1.82) is 0 Å². The Morgan fingerprint density at radius 2 is 2.13 bits per heavy atom. The number of ether oxygens (including phenoxy) is 1. The normalized spacial score (nSPS) is 21.6. The van der Waals surface area contributed by atoms with Gasteiger partial charge in [-0.2, -0.15) is 18.2 Å². The van der Waals surface area contributed by atoms with Crippen molar-refractivity contribution in [3.05, 3.63) is 29.7 Å². The smallest absolute Gasteiger partial charge is 0.363 e. The maximum Gasteiger partial charge on any atom is 0.433 e. The summed E-state index contributed by atoms with van der Waals surface area (Å²) in [5.74, 6) is 0.864. The average Bonchev–Trinajstić information content (AvgIpc) is 3.13. The molecule has 2 aromatic heterocycles. The minimum atomic E-state index is -4.50. The molecule has 1 saturated heterocycles. The fourth-order valence-corrected chi connectivity index (χ4v) is 2.29. The Bertz CT molecular complexity index is 676. The van der Waals surface area contributed by atoms with E-state index >= 15 is 0 Å². The van der Waals surface area contributed by atoms with Crippen molar-refractivity contribution in [3.8, 4) is 0 Å². The Kier molecular flexibility index (Phi) is 4.16. The first-order chi connectivity index (χ1) is 10.9. The molecule has 0 amide bonds. The lowest BCUT2D eigenvalue weighted by molar-refractivity contribution is -0.141. The molecule has 0 saturated carbocycles. The van der Waals surface area contributed by atoms with Gasteiger partial charge in [0.1, 0.15) is 11.8 Å². The molecule has 7 nitrogen and oxygen atoms in total. The van der Waals surface area contributed by atoms with Gasteiger partial charge in [-0.1, -0.05) is 5.16 Å². The zero-order valence-electron chi connectivity index (χ0n) is 12.2. The van der Waals surface area contributed by atoms with Crippen LogP contribution in [-0.4, -0.2) is 32.8 Å². The molecular formula is C13H14F3N5O2. The summed E-state index contributed by atoms with van der Waals surface area (Å²) >= 11 is 0. The van der Waals surface area contributed by atoms with Gasteiger partial charge in [-0.05, 0) is 25.8 Å². The van der Waals surface area contributed by atoms with E-state index in [2.05, 4.69) is 25.4 Å². The summed E-state index contributed by atoms with van der Waals surface area (Å²) in [6.07, 6.45) is -2.48. The second-order valence-corrected chi connectivity index (χ2v) is 5.15. The van der Waals surface area contributed by atoms with E-state index in [0.29, 0.717) is 24.7 Å². The molecule has 0 bridgehead atoms. The SMILES string of the molecule is Cc1noc([C@@H]2CC[C@H](CNc3nccc(C(F)(F)F)n3)O2)n1. The van der Waals surface area contributed by atoms with Gasteiger partial charge in [0.05, 0.1) is 6.10 Å². The Morgan fingerprint density at radius 1 is 1.30 bits per heavy atom. The number of anilines is 1. The number of aryl methyl sites for hydroxylation is 1. The van der Waals surface area contributed by atoms with Crippen LogP contribution in [0.1, 0.15) is 36.4 Å². The summed E-state index contributed by atoms with van der Waals surface area (Å²) in [6.45, 7) is 2.01. The molecule has 10 heteroatoms. The fourth-order valence-electron chi connectivity index (χ4n) is 2.29. The van der Waals surface area contributed by atoms with E-state index in [9.17, 15) is 13.2 Å². The Balaban J connectivity index is 1.55. The van der Waals surface area contributed by atoms with Gasteiger partial charge in [-0.25, -0.2) is 9.97 Å². The highest BCUT2D eigenvalue weighted by Gasteiger charge is 2.33. The van der Waals surface area contributed by atoms with Crippen LogP contribution in [0.25, 0.3) is 0 Å². The standard InChI is InChI=1S/C13H14F3N5O2/c1-7-19-11(23-21-7)9-3-2-8(22-9)6-18-12-17-5-4-10(20-12)13(14,15)16/h4-5,8-9H,2-3,6H2,1H3,(H,17,18,20)/t8-,9+/m1/s1. The quantitative estimate of drug-likeness (QED) is 0.922. The number of aromatic nitrogens is 4. The van der Waals surface area contributed by atoms with Gasteiger partial charge in [0, 0.05) is 12.7 Å². The topological polar surface area (TPSA) is 86.0 Å². The van der Waals surface area contributed by atoms with Crippen LogP contribution < -0.4 is 5.32 Å². The molecular weight excluding hydrogens is 315 g/mol. The Labute approximate surface area is 129 Å². The summed E-state index contributed by atoms with van der Waals surface area (Å²) in [4.78, 5) is 11.3. The van der Waals surface area contributed by atoms with Gasteiger partial charge >= 0.3 is 6.18 Å². The minimum absolute atomic E-state index is 0.0829. The van der Waals surface area contributed by atoms with Crippen molar-refractivity contribution in [2.45, 2.75) is 38.1 Å². The summed E-state index contributed by atoms with van der Waals surface area (Å²) in [6, 6.07) is 0.825. The molecule has 1 aliphatic rings. The monoisotopic (exact) mass is 329 g/mol. The predicted molar refractivity (Wildman–Crippen MR) is 71.4 cm³/mol. The summed E-state index contributed by atoms with van der Waals surface area (Å²) in [5.41, 5.74) is -0.985. The maximum absolute atomic E-state index is 12.6. The van der Waals surface area contributed by atoms with Crippen LogP contribution in [0.5, 0.6) is 0 Å². The molecule has 2 aromatic rings. The zero-order chi connectivity index (χ0) is 16.4. The molecule has 0 aliphatic carbocycles. The molecule has 0 radical (unpaired) electrons. The highest BCUT2D eigenvalue weighted by atomic mass is 19.4. The molecule has 0 aromatic carbocycles. The number of hydrogen-bond acceptors (Lipinski definition) is 7. The summed E-state index contributed by atoms with van der Waals surface area (Å²) in [7, 11) is 0. The van der Waals surface area contributed by atoms with Gasteiger partial charge in [-0.3, -0.25) is 0 Å². The Hall–Kier alpha value is -2.23. The van der Waals surface area contributed by atoms with Crippen LogP contribution in [0.3, 0.4) is 0 Å². The van der Waals surface area contributed by atoms with E-state index in [4.69, 9.17) is 9.26 Å². The molecule has 23 heavy (non-hydrogen) atoms. The summed E-state index contributed by atoms with van der Waals surface area (Å²) < 4.78 is 48.6. The second kappa shape index (κ2) is 6.11. The van der Waals surface area contributed by atoms with E-state index in [1.54, 1.807) is 6.92 Å². The van der Waals surface area contributed by atoms with Crippen LogP contribution >= 0.6 is 0 Å². The molecule has 1 aliphatic heterocycles. The van der Waals surface area contributed by atoms with Crippen molar-refractivity contribution in [1.82, 2.24) is 20.1 Å². The maximum atomic E-state index is 12.6. The fraction of sp³-hybridized carbons (Fsp3) is 0.538. The lowest BCUT2D eigenvalue weighted by Crippen LogP contribution is -2.21. The molecule has 1 fully saturated rings. The number of nitrogens with one attached hydrogen (secondary N) is 1. The van der Waals surface area contributed by atoms with Gasteiger partial charge in [-0.15, -0.1) is 0 Å². The molecule has 2 atom stereocenters. The number of rotatable bonds is 4. The number of halogens is 3. The van der Waals surface area contributed by atoms with Crippen LogP contribution in [-0.2, 0) is 10.9 Å². The summed E-state index contributed by atoms with van der Waals surface area (Å²) in [5, 5.41) is 6.47. The third-order valence-electron chi connectivity index (χ3n) is 3.36. The predicted octanol–water partition coefficient (Wildman–Crippen LogP) is 2.52. The van der Waals surface area contributed by atoms with Crippen molar-refractivity contribution in [2.75, 3.05) is 11.9 Å². The van der Waals surface area contributed by atoms with Crippen molar-refractivity contribution in [2.24, 2.45) is 0 Å². The van der Waals surface area contributed by atoms with Crippen LogP contribution in [0.4, 0.5) is 19.1 Å². The van der Waals surface area contributed by atoms with E-state index < -0.39 is 11.9 Å². The minimum Gasteiger partial charge on any atom is -0.363 e. The molecule has 0 spiro atoms. The molecule has 3 heterocycles. The van der Waals surface area contributed by atoms with Gasteiger partial charge in [0.2, 0.25) is 5.95 Å². The zero-order valence-corrected chi connectivity index (χ0v) is 12.2. The van der Waals surface area contributed by atoms with Gasteiger partial charge < -0.3 is 14.6 Å². The number of nitrogens with zero attached hydrogens (tertiary/aromatic N) is 4. The first kappa shape index (κ1) is 15.7. The lowest BCUT2D eigenvalue weighted by Gasteiger charge is -2.13. The lowest BCUT2D eigenvalue weighted by atomic mass is 10.2. The van der Waals surface area contributed by atoms with E-state index in [0.717, 1.165) is 18.7 Å². The van der Waals surface area contributed by atoms with E-state index in [1.807, 2.05) is 0 Å².